The molecule has 0 unspecified atom stereocenters. The van der Waals surface area contributed by atoms with E-state index in [9.17, 15) is 26.3 Å². The van der Waals surface area contributed by atoms with E-state index in [1.165, 1.54) is 16.9 Å². The van der Waals surface area contributed by atoms with Gasteiger partial charge in [-0.3, -0.25) is 4.98 Å². The minimum atomic E-state index is -4.94. The van der Waals surface area contributed by atoms with Gasteiger partial charge in [0.25, 0.3) is 0 Å². The first kappa shape index (κ1) is 20.6. The van der Waals surface area contributed by atoms with Crippen LogP contribution in [0.25, 0.3) is 16.8 Å². The van der Waals surface area contributed by atoms with Crippen molar-refractivity contribution in [1.29, 1.82) is 0 Å². The first-order chi connectivity index (χ1) is 14.6. The van der Waals surface area contributed by atoms with Crippen molar-refractivity contribution in [3.63, 3.8) is 0 Å². The molecule has 0 bridgehead atoms. The third-order valence-corrected chi connectivity index (χ3v) is 4.46. The number of fused-ring (bicyclic) bond motifs is 1. The van der Waals surface area contributed by atoms with Crippen LogP contribution < -0.4 is 5.32 Å². The van der Waals surface area contributed by atoms with Gasteiger partial charge < -0.3 is 5.32 Å². The second kappa shape index (κ2) is 7.56. The van der Waals surface area contributed by atoms with Gasteiger partial charge in [-0.05, 0) is 41.5 Å². The Morgan fingerprint density at radius 1 is 0.903 bits per heavy atom. The highest BCUT2D eigenvalue weighted by molar-refractivity contribution is 5.78. The summed E-state index contributed by atoms with van der Waals surface area (Å²) in [7, 11) is 0. The summed E-state index contributed by atoms with van der Waals surface area (Å²) in [5.74, 6) is 0.376. The fraction of sp³-hybridized carbons (Fsp3) is 0.150. The molecule has 0 aliphatic heterocycles. The normalized spacial score (nSPS) is 12.3. The van der Waals surface area contributed by atoms with E-state index in [-0.39, 0.29) is 22.8 Å². The van der Waals surface area contributed by atoms with Gasteiger partial charge in [0.05, 0.1) is 17.3 Å². The molecule has 0 fully saturated rings. The fourth-order valence-corrected chi connectivity index (χ4v) is 2.98. The van der Waals surface area contributed by atoms with Crippen LogP contribution in [-0.4, -0.2) is 19.6 Å². The lowest BCUT2D eigenvalue weighted by molar-refractivity contribution is -0.143. The lowest BCUT2D eigenvalue weighted by atomic mass is 10.0. The Morgan fingerprint density at radius 2 is 1.61 bits per heavy atom. The highest BCUT2D eigenvalue weighted by Crippen LogP contribution is 2.39. The summed E-state index contributed by atoms with van der Waals surface area (Å²) in [6.45, 7) is 0.377. The fourth-order valence-electron chi connectivity index (χ4n) is 2.98. The molecule has 3 heterocycles. The molecule has 0 saturated heterocycles. The lowest BCUT2D eigenvalue weighted by Gasteiger charge is -2.14. The minimum Gasteiger partial charge on any atom is -0.366 e. The van der Waals surface area contributed by atoms with Gasteiger partial charge in [0, 0.05) is 30.7 Å². The monoisotopic (exact) mass is 437 g/mol. The van der Waals surface area contributed by atoms with E-state index in [0.717, 1.165) is 5.56 Å². The van der Waals surface area contributed by atoms with Gasteiger partial charge in [-0.2, -0.15) is 31.4 Å². The predicted octanol–water partition coefficient (Wildman–Crippen LogP) is 5.44. The van der Waals surface area contributed by atoms with Crippen LogP contribution in [0.4, 0.5) is 32.2 Å². The molecule has 0 saturated carbocycles. The van der Waals surface area contributed by atoms with Crippen LogP contribution in [0.3, 0.4) is 0 Å². The smallest absolute Gasteiger partial charge is 0.366 e. The molecule has 1 N–H and O–H groups in total. The van der Waals surface area contributed by atoms with Crippen molar-refractivity contribution >= 4 is 11.5 Å². The van der Waals surface area contributed by atoms with Crippen molar-refractivity contribution in [2.24, 2.45) is 0 Å². The molecule has 1 aromatic carbocycles. The molecule has 0 aliphatic carbocycles. The van der Waals surface area contributed by atoms with Gasteiger partial charge in [0.2, 0.25) is 0 Å². The summed E-state index contributed by atoms with van der Waals surface area (Å²) in [6.07, 6.45) is -3.92. The Morgan fingerprint density at radius 3 is 2.23 bits per heavy atom. The molecule has 0 aliphatic rings. The molecule has 0 amide bonds. The molecule has 0 radical (unpaired) electrons. The number of hydrogen-bond acceptors (Lipinski definition) is 4. The van der Waals surface area contributed by atoms with Gasteiger partial charge in [-0.15, -0.1) is 0 Å². The molecule has 4 rings (SSSR count). The molecule has 31 heavy (non-hydrogen) atoms. The number of halogens is 6. The number of nitrogens with one attached hydrogen (secondary N) is 1. The van der Waals surface area contributed by atoms with E-state index in [4.69, 9.17) is 0 Å². The maximum absolute atomic E-state index is 13.2. The Kier molecular flexibility index (Phi) is 5.03. The largest absolute Gasteiger partial charge is 0.416 e. The van der Waals surface area contributed by atoms with Crippen molar-refractivity contribution < 1.29 is 26.3 Å². The van der Waals surface area contributed by atoms with Crippen molar-refractivity contribution in [3.05, 3.63) is 77.9 Å². The number of hydrogen-bond donors (Lipinski definition) is 1. The summed E-state index contributed by atoms with van der Waals surface area (Å²) < 4.78 is 80.5. The summed E-state index contributed by atoms with van der Waals surface area (Å²) in [5, 5.41) is 7.03. The van der Waals surface area contributed by atoms with Crippen LogP contribution in [-0.2, 0) is 18.9 Å². The molecule has 4 aromatic rings. The number of nitrogens with zero attached hydrogens (tertiary/aromatic N) is 4. The number of alkyl halides is 6. The third-order valence-electron chi connectivity index (χ3n) is 4.46. The van der Waals surface area contributed by atoms with E-state index >= 15 is 0 Å². The Labute approximate surface area is 171 Å². The molecule has 0 spiro atoms. The quantitative estimate of drug-likeness (QED) is 0.432. The molecular formula is C20H13F6N5. The van der Waals surface area contributed by atoms with Gasteiger partial charge >= 0.3 is 12.4 Å². The van der Waals surface area contributed by atoms with E-state index in [0.29, 0.717) is 24.5 Å². The van der Waals surface area contributed by atoms with Gasteiger partial charge in [-0.1, -0.05) is 6.07 Å². The Balaban J connectivity index is 1.75. The van der Waals surface area contributed by atoms with Crippen molar-refractivity contribution in [2.75, 3.05) is 5.32 Å². The number of benzene rings is 1. The molecule has 5 nitrogen and oxygen atoms in total. The van der Waals surface area contributed by atoms with Crippen molar-refractivity contribution in [3.8, 4) is 11.1 Å². The van der Waals surface area contributed by atoms with Crippen LogP contribution >= 0.6 is 0 Å². The van der Waals surface area contributed by atoms with Crippen molar-refractivity contribution in [2.45, 2.75) is 18.9 Å². The highest BCUT2D eigenvalue weighted by atomic mass is 19.4. The van der Waals surface area contributed by atoms with Crippen LogP contribution in [0.5, 0.6) is 0 Å². The number of pyridine rings is 1. The molecule has 160 valence electrons. The topological polar surface area (TPSA) is 55.1 Å². The summed E-state index contributed by atoms with van der Waals surface area (Å²) in [6, 6.07) is 6.59. The first-order valence-electron chi connectivity index (χ1n) is 8.88. The highest BCUT2D eigenvalue weighted by Gasteiger charge is 2.37. The molecule has 11 heteroatoms. The summed E-state index contributed by atoms with van der Waals surface area (Å²) in [4.78, 5) is 8.31. The van der Waals surface area contributed by atoms with E-state index < -0.39 is 23.5 Å². The standard InChI is InChI=1S/C20H13F6N5/c21-19(22,23)14-6-13(7-15(8-14)20(24,25)26)16-11-29-31-5-3-17(30-18(16)31)28-10-12-2-1-4-27-9-12/h1-9,11H,10H2,(H,28,30). The summed E-state index contributed by atoms with van der Waals surface area (Å²) >= 11 is 0. The maximum Gasteiger partial charge on any atom is 0.416 e. The van der Waals surface area contributed by atoms with Crippen molar-refractivity contribution in [1.82, 2.24) is 19.6 Å². The van der Waals surface area contributed by atoms with Crippen LogP contribution in [0, 0.1) is 0 Å². The average molecular weight is 437 g/mol. The Hall–Kier alpha value is -3.63. The van der Waals surface area contributed by atoms with Gasteiger partial charge in [-0.25, -0.2) is 9.50 Å². The Bertz CT molecular complexity index is 1180. The van der Waals surface area contributed by atoms with E-state index in [2.05, 4.69) is 20.4 Å². The zero-order chi connectivity index (χ0) is 22.2. The number of aromatic nitrogens is 4. The zero-order valence-electron chi connectivity index (χ0n) is 15.5. The van der Waals surface area contributed by atoms with E-state index in [1.807, 2.05) is 6.07 Å². The molecule has 0 atom stereocenters. The maximum atomic E-state index is 13.2. The molecular weight excluding hydrogens is 424 g/mol. The molecule has 3 aromatic heterocycles. The minimum absolute atomic E-state index is 0.0432. The van der Waals surface area contributed by atoms with Crippen LogP contribution in [0.15, 0.2) is 61.2 Å². The predicted molar refractivity (Wildman–Crippen MR) is 100.0 cm³/mol. The van der Waals surface area contributed by atoms with Crippen LogP contribution in [0.2, 0.25) is 0 Å². The van der Waals surface area contributed by atoms with Gasteiger partial charge in [0.1, 0.15) is 5.82 Å². The second-order valence-electron chi connectivity index (χ2n) is 6.65. The average Bonchev–Trinajstić information content (AvgIpc) is 3.15. The summed E-state index contributed by atoms with van der Waals surface area (Å²) in [5.41, 5.74) is -2.06. The lowest BCUT2D eigenvalue weighted by Crippen LogP contribution is -2.11. The van der Waals surface area contributed by atoms with E-state index in [1.54, 1.807) is 24.5 Å². The number of rotatable bonds is 4. The van der Waals surface area contributed by atoms with Crippen LogP contribution in [0.1, 0.15) is 16.7 Å². The SMILES string of the molecule is FC(F)(F)c1cc(-c2cnn3ccc(NCc4cccnc4)nc23)cc(C(F)(F)F)c1. The third kappa shape index (κ3) is 4.44. The van der Waals surface area contributed by atoms with Gasteiger partial charge in [0.15, 0.2) is 5.65 Å². The second-order valence-corrected chi connectivity index (χ2v) is 6.65. The zero-order valence-corrected chi connectivity index (χ0v) is 15.5. The first-order valence-corrected chi connectivity index (χ1v) is 8.88. The number of anilines is 1.